The monoisotopic (exact) mass is 269 g/mol. The molecule has 19 heavy (non-hydrogen) atoms. The molecule has 0 amide bonds. The minimum Gasteiger partial charge on any atom is -0.477 e. The minimum absolute atomic E-state index is 0.383. The maximum absolute atomic E-state index is 10.9. The molecular weight excluding hydrogens is 258 g/mol. The standard InChI is InChI=1S/C15H11NO2S/c17-15(18)14-6-5-11(19-14)9-10-7-8-16-13-4-2-1-3-12(10)13/h1-8H,9H2,(H,17,18). The first kappa shape index (κ1) is 11.9. The average molecular weight is 269 g/mol. The molecule has 0 radical (unpaired) electrons. The molecule has 3 nitrogen and oxygen atoms in total. The maximum atomic E-state index is 10.9. The van der Waals surface area contributed by atoms with Gasteiger partial charge in [0.15, 0.2) is 0 Å². The van der Waals surface area contributed by atoms with E-state index in [2.05, 4.69) is 4.98 Å². The van der Waals surface area contributed by atoms with Crippen molar-refractivity contribution in [3.05, 3.63) is 64.0 Å². The molecule has 0 aliphatic carbocycles. The van der Waals surface area contributed by atoms with Gasteiger partial charge < -0.3 is 5.11 Å². The second-order valence-electron chi connectivity index (χ2n) is 4.24. The highest BCUT2D eigenvalue weighted by Crippen LogP contribution is 2.23. The summed E-state index contributed by atoms with van der Waals surface area (Å²) >= 11 is 1.32. The van der Waals surface area contributed by atoms with E-state index in [-0.39, 0.29) is 0 Å². The Labute approximate surface area is 114 Å². The number of carboxylic acid groups (broad SMARTS) is 1. The van der Waals surface area contributed by atoms with Gasteiger partial charge in [0.25, 0.3) is 0 Å². The summed E-state index contributed by atoms with van der Waals surface area (Å²) in [4.78, 5) is 16.6. The van der Waals surface area contributed by atoms with Gasteiger partial charge in [0.05, 0.1) is 5.52 Å². The van der Waals surface area contributed by atoms with Crippen molar-refractivity contribution >= 4 is 28.2 Å². The van der Waals surface area contributed by atoms with Crippen molar-refractivity contribution in [3.63, 3.8) is 0 Å². The number of rotatable bonds is 3. The van der Waals surface area contributed by atoms with Crippen molar-refractivity contribution in [2.24, 2.45) is 0 Å². The third-order valence-corrected chi connectivity index (χ3v) is 4.05. The lowest BCUT2D eigenvalue weighted by Crippen LogP contribution is -1.90. The fraction of sp³-hybridized carbons (Fsp3) is 0.0667. The summed E-state index contributed by atoms with van der Waals surface area (Å²) in [7, 11) is 0. The van der Waals surface area contributed by atoms with Crippen LogP contribution >= 0.6 is 11.3 Å². The molecule has 0 saturated heterocycles. The quantitative estimate of drug-likeness (QED) is 0.790. The van der Waals surface area contributed by atoms with E-state index >= 15 is 0 Å². The Hall–Kier alpha value is -2.20. The number of pyridine rings is 1. The molecule has 0 spiro atoms. The van der Waals surface area contributed by atoms with E-state index in [1.807, 2.05) is 36.4 Å². The Balaban J connectivity index is 1.98. The largest absolute Gasteiger partial charge is 0.477 e. The van der Waals surface area contributed by atoms with Gasteiger partial charge in [-0.05, 0) is 29.8 Å². The smallest absolute Gasteiger partial charge is 0.345 e. The first-order valence-electron chi connectivity index (χ1n) is 5.88. The molecule has 0 bridgehead atoms. The van der Waals surface area contributed by atoms with Crippen molar-refractivity contribution in [2.75, 3.05) is 0 Å². The molecule has 3 rings (SSSR count). The summed E-state index contributed by atoms with van der Waals surface area (Å²) in [5, 5.41) is 10.1. The van der Waals surface area contributed by atoms with Crippen LogP contribution in [0.3, 0.4) is 0 Å². The van der Waals surface area contributed by atoms with Crippen LogP contribution in [0.15, 0.2) is 48.7 Å². The summed E-state index contributed by atoms with van der Waals surface area (Å²) in [6, 6.07) is 13.5. The lowest BCUT2D eigenvalue weighted by atomic mass is 10.1. The van der Waals surface area contributed by atoms with Crippen LogP contribution in [-0.4, -0.2) is 16.1 Å². The second kappa shape index (κ2) is 4.82. The van der Waals surface area contributed by atoms with Crippen molar-refractivity contribution in [3.8, 4) is 0 Å². The van der Waals surface area contributed by atoms with Gasteiger partial charge in [-0.15, -0.1) is 11.3 Å². The number of thiophene rings is 1. The molecule has 2 heterocycles. The lowest BCUT2D eigenvalue weighted by molar-refractivity contribution is 0.0702. The molecule has 0 aliphatic heterocycles. The van der Waals surface area contributed by atoms with Crippen LogP contribution < -0.4 is 0 Å². The molecule has 0 fully saturated rings. The van der Waals surface area contributed by atoms with Crippen LogP contribution in [0.1, 0.15) is 20.1 Å². The summed E-state index contributed by atoms with van der Waals surface area (Å²) in [6.45, 7) is 0. The van der Waals surface area contributed by atoms with Crippen molar-refractivity contribution in [2.45, 2.75) is 6.42 Å². The fourth-order valence-corrected chi connectivity index (χ4v) is 2.95. The van der Waals surface area contributed by atoms with Crippen LogP contribution in [0.2, 0.25) is 0 Å². The zero-order valence-corrected chi connectivity index (χ0v) is 10.9. The molecule has 1 N–H and O–H groups in total. The van der Waals surface area contributed by atoms with Crippen LogP contribution in [-0.2, 0) is 6.42 Å². The number of para-hydroxylation sites is 1. The van der Waals surface area contributed by atoms with Crippen molar-refractivity contribution in [1.29, 1.82) is 0 Å². The van der Waals surface area contributed by atoms with Crippen molar-refractivity contribution < 1.29 is 9.90 Å². The summed E-state index contributed by atoms with van der Waals surface area (Å²) in [5.41, 5.74) is 2.14. The average Bonchev–Trinajstić information content (AvgIpc) is 2.88. The number of fused-ring (bicyclic) bond motifs is 1. The molecule has 0 atom stereocenters. The van der Waals surface area contributed by atoms with E-state index in [4.69, 9.17) is 5.11 Å². The molecule has 94 valence electrons. The van der Waals surface area contributed by atoms with Crippen LogP contribution in [0.25, 0.3) is 10.9 Å². The zero-order chi connectivity index (χ0) is 13.2. The number of hydrogen-bond donors (Lipinski definition) is 1. The SMILES string of the molecule is O=C(O)c1ccc(Cc2ccnc3ccccc23)s1. The Bertz CT molecular complexity index is 743. The number of nitrogens with zero attached hydrogens (tertiary/aromatic N) is 1. The normalized spacial score (nSPS) is 10.7. The first-order valence-corrected chi connectivity index (χ1v) is 6.70. The van der Waals surface area contributed by atoms with Gasteiger partial charge in [-0.25, -0.2) is 4.79 Å². The number of aromatic carboxylic acids is 1. The van der Waals surface area contributed by atoms with Gasteiger partial charge >= 0.3 is 5.97 Å². The lowest BCUT2D eigenvalue weighted by Gasteiger charge is -2.04. The fourth-order valence-electron chi connectivity index (χ4n) is 2.08. The van der Waals surface area contributed by atoms with E-state index in [1.54, 1.807) is 12.3 Å². The number of carboxylic acids is 1. The Morgan fingerprint density at radius 3 is 2.79 bits per heavy atom. The van der Waals surface area contributed by atoms with Crippen LogP contribution in [0.4, 0.5) is 0 Å². The number of carbonyl (C=O) groups is 1. The predicted molar refractivity (Wildman–Crippen MR) is 75.8 cm³/mol. The molecule has 0 unspecified atom stereocenters. The van der Waals surface area contributed by atoms with Gasteiger partial charge in [0.1, 0.15) is 4.88 Å². The molecule has 0 aliphatic rings. The molecular formula is C15H11NO2S. The van der Waals surface area contributed by atoms with Gasteiger partial charge in [-0.3, -0.25) is 4.98 Å². The minimum atomic E-state index is -0.865. The highest BCUT2D eigenvalue weighted by molar-refractivity contribution is 7.13. The molecule has 4 heteroatoms. The summed E-state index contributed by atoms with van der Waals surface area (Å²) < 4.78 is 0. The first-order chi connectivity index (χ1) is 9.24. The highest BCUT2D eigenvalue weighted by Gasteiger charge is 2.08. The van der Waals surface area contributed by atoms with E-state index in [0.29, 0.717) is 4.88 Å². The molecule has 3 aromatic rings. The molecule has 2 aromatic heterocycles. The Kier molecular flexibility index (Phi) is 3.01. The Morgan fingerprint density at radius 1 is 1.16 bits per heavy atom. The van der Waals surface area contributed by atoms with Gasteiger partial charge in [0, 0.05) is 22.9 Å². The Morgan fingerprint density at radius 2 is 2.00 bits per heavy atom. The van der Waals surface area contributed by atoms with Gasteiger partial charge in [-0.2, -0.15) is 0 Å². The van der Waals surface area contributed by atoms with Gasteiger partial charge in [-0.1, -0.05) is 18.2 Å². The van der Waals surface area contributed by atoms with E-state index in [9.17, 15) is 4.79 Å². The highest BCUT2D eigenvalue weighted by atomic mass is 32.1. The second-order valence-corrected chi connectivity index (χ2v) is 5.40. The number of aromatic nitrogens is 1. The number of hydrogen-bond acceptors (Lipinski definition) is 3. The third-order valence-electron chi connectivity index (χ3n) is 2.98. The third kappa shape index (κ3) is 2.35. The van der Waals surface area contributed by atoms with E-state index < -0.39 is 5.97 Å². The van der Waals surface area contributed by atoms with Crippen LogP contribution in [0, 0.1) is 0 Å². The predicted octanol–water partition coefficient (Wildman–Crippen LogP) is 3.59. The maximum Gasteiger partial charge on any atom is 0.345 e. The topological polar surface area (TPSA) is 50.2 Å². The van der Waals surface area contributed by atoms with E-state index in [1.165, 1.54) is 16.9 Å². The summed E-state index contributed by atoms with van der Waals surface area (Å²) in [6.07, 6.45) is 2.53. The summed E-state index contributed by atoms with van der Waals surface area (Å²) in [5.74, 6) is -0.865. The van der Waals surface area contributed by atoms with Crippen LogP contribution in [0.5, 0.6) is 0 Å². The van der Waals surface area contributed by atoms with Crippen molar-refractivity contribution in [1.82, 2.24) is 4.98 Å². The molecule has 1 aromatic carbocycles. The number of benzene rings is 1. The van der Waals surface area contributed by atoms with Gasteiger partial charge in [0.2, 0.25) is 0 Å². The van der Waals surface area contributed by atoms with E-state index in [0.717, 1.165) is 22.2 Å². The zero-order valence-electron chi connectivity index (χ0n) is 10.0. The molecule has 0 saturated carbocycles.